The lowest BCUT2D eigenvalue weighted by atomic mass is 10.2. The highest BCUT2D eigenvalue weighted by molar-refractivity contribution is 7.89. The number of primary sulfonamides is 1. The van der Waals surface area contributed by atoms with E-state index in [-0.39, 0.29) is 4.90 Å². The first-order valence-corrected chi connectivity index (χ1v) is 10.1. The molecule has 0 unspecified atom stereocenters. The average molecular weight is 411 g/mol. The number of methoxy groups -OCH3 is 1. The number of benzene rings is 2. The molecule has 3 N–H and O–H groups in total. The molecule has 2 aromatic heterocycles. The fraction of sp³-hybridized carbons (Fsp3) is 0.111. The summed E-state index contributed by atoms with van der Waals surface area (Å²) in [4.78, 5) is 8.75. The summed E-state index contributed by atoms with van der Waals surface area (Å²) in [5.74, 6) is 0.317. The van der Waals surface area contributed by atoms with Crippen molar-refractivity contribution in [3.05, 3.63) is 60.3 Å². The summed E-state index contributed by atoms with van der Waals surface area (Å²) in [5, 5.41) is 16.4. The van der Waals surface area contributed by atoms with Crippen molar-refractivity contribution in [2.45, 2.75) is 11.5 Å². The number of nitrogens with zero attached hydrogens (tertiary/aromatic N) is 5. The van der Waals surface area contributed by atoms with E-state index in [9.17, 15) is 8.42 Å². The van der Waals surface area contributed by atoms with Gasteiger partial charge >= 0.3 is 0 Å². The molecule has 0 saturated heterocycles. The molecule has 0 aliphatic rings. The van der Waals surface area contributed by atoms with Crippen LogP contribution in [-0.2, 0) is 21.4 Å². The molecule has 2 aromatic carbocycles. The van der Waals surface area contributed by atoms with Gasteiger partial charge in [0.25, 0.3) is 0 Å². The van der Waals surface area contributed by atoms with Crippen LogP contribution in [0.1, 0.15) is 5.56 Å². The highest BCUT2D eigenvalue weighted by Gasteiger charge is 2.12. The molecule has 2 heterocycles. The number of hydrogen-bond donors (Lipinski definition) is 2. The summed E-state index contributed by atoms with van der Waals surface area (Å²) in [5.41, 5.74) is 3.47. The predicted octanol–water partition coefficient (Wildman–Crippen LogP) is 1.75. The number of rotatable bonds is 6. The lowest BCUT2D eigenvalue weighted by Crippen LogP contribution is -2.11. The monoisotopic (exact) mass is 411 g/mol. The molecule has 11 heteroatoms. The molecule has 10 nitrogen and oxygen atoms in total. The van der Waals surface area contributed by atoms with Gasteiger partial charge in [-0.15, -0.1) is 5.10 Å². The van der Waals surface area contributed by atoms with Crippen molar-refractivity contribution in [1.82, 2.24) is 25.0 Å². The predicted molar refractivity (Wildman–Crippen MR) is 106 cm³/mol. The normalized spacial score (nSPS) is 11.7. The minimum Gasteiger partial charge on any atom is -0.380 e. The van der Waals surface area contributed by atoms with Crippen LogP contribution < -0.4 is 10.5 Å². The van der Waals surface area contributed by atoms with E-state index in [1.54, 1.807) is 30.1 Å². The van der Waals surface area contributed by atoms with E-state index in [2.05, 4.69) is 25.6 Å². The van der Waals surface area contributed by atoms with E-state index >= 15 is 0 Å². The third-order valence-corrected chi connectivity index (χ3v) is 5.03. The Hall–Kier alpha value is -3.41. The maximum absolute atomic E-state index is 11.4. The van der Waals surface area contributed by atoms with Gasteiger partial charge in [0.15, 0.2) is 11.2 Å². The number of hydrogen-bond acceptors (Lipinski definition) is 8. The number of fused-ring (bicyclic) bond motifs is 1. The molecule has 0 amide bonds. The fourth-order valence-electron chi connectivity index (χ4n) is 2.76. The van der Waals surface area contributed by atoms with E-state index in [1.807, 2.05) is 24.3 Å². The van der Waals surface area contributed by atoms with E-state index in [0.717, 1.165) is 11.3 Å². The Morgan fingerprint density at radius 1 is 1.17 bits per heavy atom. The quantitative estimate of drug-likeness (QED) is 0.489. The van der Waals surface area contributed by atoms with Crippen molar-refractivity contribution in [2.75, 3.05) is 12.4 Å². The lowest BCUT2D eigenvalue weighted by molar-refractivity contribution is 0.185. The maximum Gasteiger partial charge on any atom is 0.238 e. The van der Waals surface area contributed by atoms with Crippen molar-refractivity contribution in [1.29, 1.82) is 0 Å². The summed E-state index contributed by atoms with van der Waals surface area (Å²) in [6.45, 7) is 0.483. The van der Waals surface area contributed by atoms with Crippen LogP contribution in [0.2, 0.25) is 0 Å². The van der Waals surface area contributed by atoms with Crippen LogP contribution in [0.4, 0.5) is 11.6 Å². The van der Waals surface area contributed by atoms with E-state index < -0.39 is 10.0 Å². The molecule has 0 atom stereocenters. The minimum absolute atomic E-state index is 0.0256. The Labute approximate surface area is 166 Å². The first-order valence-electron chi connectivity index (χ1n) is 8.50. The highest BCUT2D eigenvalue weighted by atomic mass is 32.2. The molecule has 29 heavy (non-hydrogen) atoms. The van der Waals surface area contributed by atoms with E-state index in [1.165, 1.54) is 12.1 Å². The second kappa shape index (κ2) is 7.54. The van der Waals surface area contributed by atoms with Gasteiger partial charge in [-0.3, -0.25) is 0 Å². The van der Waals surface area contributed by atoms with Gasteiger partial charge in [0.2, 0.25) is 16.0 Å². The molecule has 0 saturated carbocycles. The SMILES string of the molecule is COCc1cccc(-n2nnc3cnc(Nc4ccc(S(N)(=O)=O)cc4)nc32)c1. The number of aromatic nitrogens is 5. The van der Waals surface area contributed by atoms with Gasteiger partial charge in [-0.1, -0.05) is 17.3 Å². The molecule has 4 rings (SSSR count). The minimum atomic E-state index is -3.75. The van der Waals surface area contributed by atoms with Crippen LogP contribution in [0.3, 0.4) is 0 Å². The standard InChI is InChI=1S/C18H17N7O3S/c1-28-11-12-3-2-4-14(9-12)25-17-16(23-24-25)10-20-18(22-17)21-13-5-7-15(8-6-13)29(19,26)27/h2-10H,11H2,1H3,(H2,19,26,27)(H,20,21,22). The molecular weight excluding hydrogens is 394 g/mol. The van der Waals surface area contributed by atoms with Crippen LogP contribution >= 0.6 is 0 Å². The van der Waals surface area contributed by atoms with Crippen molar-refractivity contribution in [3.63, 3.8) is 0 Å². The molecule has 0 spiro atoms. The second-order valence-electron chi connectivity index (χ2n) is 6.20. The molecule has 0 bridgehead atoms. The van der Waals surface area contributed by atoms with E-state index in [4.69, 9.17) is 9.88 Å². The zero-order valence-corrected chi connectivity index (χ0v) is 16.2. The molecule has 4 aromatic rings. The van der Waals surface area contributed by atoms with Gasteiger partial charge in [-0.2, -0.15) is 9.67 Å². The summed E-state index contributed by atoms with van der Waals surface area (Å²) >= 11 is 0. The number of ether oxygens (including phenoxy) is 1. The number of sulfonamides is 1. The summed E-state index contributed by atoms with van der Waals surface area (Å²) in [6, 6.07) is 13.7. The molecule has 0 aliphatic heterocycles. The number of nitrogens with one attached hydrogen (secondary N) is 1. The third-order valence-electron chi connectivity index (χ3n) is 4.10. The molecule has 148 valence electrons. The average Bonchev–Trinajstić information content (AvgIpc) is 3.11. The van der Waals surface area contributed by atoms with Crippen molar-refractivity contribution in [3.8, 4) is 5.69 Å². The van der Waals surface area contributed by atoms with Gasteiger partial charge in [0.1, 0.15) is 0 Å². The Morgan fingerprint density at radius 3 is 2.69 bits per heavy atom. The topological polar surface area (TPSA) is 138 Å². The zero-order valence-electron chi connectivity index (χ0n) is 15.3. The van der Waals surface area contributed by atoms with Crippen LogP contribution in [-0.4, -0.2) is 40.5 Å². The van der Waals surface area contributed by atoms with Crippen molar-refractivity contribution >= 4 is 32.8 Å². The number of anilines is 2. The van der Waals surface area contributed by atoms with E-state index in [0.29, 0.717) is 29.4 Å². The highest BCUT2D eigenvalue weighted by Crippen LogP contribution is 2.20. The molecule has 0 aliphatic carbocycles. The van der Waals surface area contributed by atoms with Gasteiger partial charge < -0.3 is 10.1 Å². The van der Waals surface area contributed by atoms with Crippen LogP contribution in [0.25, 0.3) is 16.9 Å². The fourth-order valence-corrected chi connectivity index (χ4v) is 3.28. The maximum atomic E-state index is 11.4. The molecule has 0 fully saturated rings. The lowest BCUT2D eigenvalue weighted by Gasteiger charge is -2.07. The van der Waals surface area contributed by atoms with Gasteiger partial charge in [-0.05, 0) is 42.0 Å². The Bertz CT molecular complexity index is 1270. The Kier molecular flexibility index (Phi) is 4.92. The van der Waals surface area contributed by atoms with Gasteiger partial charge in [-0.25, -0.2) is 18.5 Å². The smallest absolute Gasteiger partial charge is 0.238 e. The van der Waals surface area contributed by atoms with Crippen LogP contribution in [0.5, 0.6) is 0 Å². The first kappa shape index (κ1) is 18.9. The largest absolute Gasteiger partial charge is 0.380 e. The molecular formula is C18H17N7O3S. The molecule has 0 radical (unpaired) electrons. The first-order chi connectivity index (χ1) is 13.9. The third kappa shape index (κ3) is 4.06. The second-order valence-corrected chi connectivity index (χ2v) is 7.76. The number of nitrogens with two attached hydrogens (primary N) is 1. The summed E-state index contributed by atoms with van der Waals surface area (Å²) in [6.07, 6.45) is 1.56. The van der Waals surface area contributed by atoms with Crippen molar-refractivity contribution < 1.29 is 13.2 Å². The van der Waals surface area contributed by atoms with Gasteiger partial charge in [0.05, 0.1) is 23.4 Å². The zero-order chi connectivity index (χ0) is 20.4. The van der Waals surface area contributed by atoms with Crippen LogP contribution in [0.15, 0.2) is 59.6 Å². The van der Waals surface area contributed by atoms with Crippen molar-refractivity contribution in [2.24, 2.45) is 5.14 Å². The Morgan fingerprint density at radius 2 is 1.97 bits per heavy atom. The van der Waals surface area contributed by atoms with Crippen LogP contribution in [0, 0.1) is 0 Å². The summed E-state index contributed by atoms with van der Waals surface area (Å²) < 4.78 is 29.5. The summed E-state index contributed by atoms with van der Waals surface area (Å²) in [7, 11) is -2.11. The Balaban J connectivity index is 1.66. The van der Waals surface area contributed by atoms with Gasteiger partial charge in [0, 0.05) is 12.8 Å².